The molecular formula is C16H22N2O3. The maximum absolute atomic E-state index is 12.2. The van der Waals surface area contributed by atoms with E-state index in [2.05, 4.69) is 5.32 Å². The topological polar surface area (TPSA) is 69.6 Å². The van der Waals surface area contributed by atoms with Crippen LogP contribution in [0.4, 0.5) is 10.5 Å². The first kappa shape index (κ1) is 15.5. The van der Waals surface area contributed by atoms with E-state index in [1.807, 2.05) is 0 Å². The lowest BCUT2D eigenvalue weighted by Crippen LogP contribution is -2.42. The first-order chi connectivity index (χ1) is 10.1. The maximum Gasteiger partial charge on any atom is 0.321 e. The van der Waals surface area contributed by atoms with Crippen molar-refractivity contribution in [3.05, 3.63) is 29.8 Å². The van der Waals surface area contributed by atoms with Crippen LogP contribution in [0.15, 0.2) is 24.3 Å². The number of benzene rings is 1. The fraction of sp³-hybridized carbons (Fsp3) is 0.500. The summed E-state index contributed by atoms with van der Waals surface area (Å²) in [5.41, 5.74) is 1.32. The van der Waals surface area contributed by atoms with Gasteiger partial charge in [-0.1, -0.05) is 0 Å². The Kier molecular flexibility index (Phi) is 5.33. The number of amides is 2. The average Bonchev–Trinajstić information content (AvgIpc) is 2.48. The van der Waals surface area contributed by atoms with Crippen LogP contribution in [-0.2, 0) is 0 Å². The van der Waals surface area contributed by atoms with Crippen LogP contribution in [0.3, 0.4) is 0 Å². The highest BCUT2D eigenvalue weighted by molar-refractivity contribution is 5.95. The van der Waals surface area contributed by atoms with Crippen LogP contribution in [0.1, 0.15) is 36.5 Å². The van der Waals surface area contributed by atoms with Crippen LogP contribution in [-0.4, -0.2) is 41.5 Å². The quantitative estimate of drug-likeness (QED) is 0.837. The molecule has 0 radical (unpaired) electrons. The average molecular weight is 290 g/mol. The highest BCUT2D eigenvalue weighted by Gasteiger charge is 2.23. The van der Waals surface area contributed by atoms with Crippen LogP contribution in [0.2, 0.25) is 0 Å². The van der Waals surface area contributed by atoms with Crippen molar-refractivity contribution >= 4 is 17.5 Å². The molecule has 2 N–H and O–H groups in total. The monoisotopic (exact) mass is 290 g/mol. The number of hydrogen-bond acceptors (Lipinski definition) is 3. The minimum atomic E-state index is -0.117. The van der Waals surface area contributed by atoms with Gasteiger partial charge in [0.2, 0.25) is 0 Å². The summed E-state index contributed by atoms with van der Waals surface area (Å²) in [6.45, 7) is 3.13. The Hall–Kier alpha value is -1.88. The number of aliphatic hydroxyl groups is 1. The molecule has 0 saturated carbocycles. The Balaban J connectivity index is 1.92. The Morgan fingerprint density at radius 3 is 2.67 bits per heavy atom. The Morgan fingerprint density at radius 1 is 1.33 bits per heavy atom. The van der Waals surface area contributed by atoms with Crippen LogP contribution >= 0.6 is 0 Å². The summed E-state index contributed by atoms with van der Waals surface area (Å²) in [7, 11) is 0. The number of likely N-dealkylation sites (tertiary alicyclic amines) is 1. The fourth-order valence-corrected chi connectivity index (χ4v) is 2.66. The second kappa shape index (κ2) is 7.22. The van der Waals surface area contributed by atoms with Crippen molar-refractivity contribution in [2.24, 2.45) is 5.92 Å². The van der Waals surface area contributed by atoms with Crippen LogP contribution in [0, 0.1) is 5.92 Å². The zero-order valence-electron chi connectivity index (χ0n) is 12.3. The third-order valence-electron chi connectivity index (χ3n) is 3.89. The van der Waals surface area contributed by atoms with E-state index in [9.17, 15) is 9.59 Å². The molecule has 1 saturated heterocycles. The van der Waals surface area contributed by atoms with Crippen molar-refractivity contribution in [1.29, 1.82) is 0 Å². The molecule has 5 nitrogen and oxygen atoms in total. The summed E-state index contributed by atoms with van der Waals surface area (Å²) in [4.78, 5) is 25.2. The molecule has 0 spiro atoms. The van der Waals surface area contributed by atoms with Crippen molar-refractivity contribution < 1.29 is 14.7 Å². The van der Waals surface area contributed by atoms with Gasteiger partial charge >= 0.3 is 6.03 Å². The molecule has 1 aliphatic rings. The highest BCUT2D eigenvalue weighted by atomic mass is 16.3. The molecule has 0 aromatic heterocycles. The summed E-state index contributed by atoms with van der Waals surface area (Å²) in [6, 6.07) is 6.78. The van der Waals surface area contributed by atoms with Gasteiger partial charge in [-0.25, -0.2) is 4.79 Å². The minimum Gasteiger partial charge on any atom is -0.396 e. The molecule has 1 heterocycles. The van der Waals surface area contributed by atoms with Gasteiger partial charge in [-0.3, -0.25) is 4.79 Å². The first-order valence-corrected chi connectivity index (χ1v) is 7.38. The number of carbonyl (C=O) groups is 2. The molecule has 5 heteroatoms. The number of carbonyl (C=O) groups excluding carboxylic acids is 2. The zero-order chi connectivity index (χ0) is 15.2. The SMILES string of the molecule is CC(=O)c1ccc(NC(=O)N2CCCC(CCO)C2)cc1. The number of anilines is 1. The van der Waals surface area contributed by atoms with Crippen molar-refractivity contribution in [2.45, 2.75) is 26.2 Å². The van der Waals surface area contributed by atoms with E-state index in [-0.39, 0.29) is 18.4 Å². The van der Waals surface area contributed by atoms with E-state index in [1.54, 1.807) is 29.2 Å². The van der Waals surface area contributed by atoms with Gasteiger partial charge in [0.1, 0.15) is 0 Å². The molecule has 0 bridgehead atoms. The van der Waals surface area contributed by atoms with E-state index >= 15 is 0 Å². The molecule has 2 amide bonds. The van der Waals surface area contributed by atoms with Gasteiger partial charge in [0.05, 0.1) is 0 Å². The van der Waals surface area contributed by atoms with E-state index in [4.69, 9.17) is 5.11 Å². The number of ketones is 1. The highest BCUT2D eigenvalue weighted by Crippen LogP contribution is 2.20. The van der Waals surface area contributed by atoms with Crippen LogP contribution in [0.25, 0.3) is 0 Å². The van der Waals surface area contributed by atoms with Gasteiger partial charge in [-0.05, 0) is 56.4 Å². The molecule has 1 atom stereocenters. The van der Waals surface area contributed by atoms with E-state index in [1.165, 1.54) is 6.92 Å². The number of Topliss-reactive ketones (excluding diaryl/α,β-unsaturated/α-hetero) is 1. The lowest BCUT2D eigenvalue weighted by molar-refractivity contribution is 0.101. The number of hydrogen-bond donors (Lipinski definition) is 2. The molecule has 1 unspecified atom stereocenters. The molecule has 0 aliphatic carbocycles. The number of rotatable bonds is 4. The normalized spacial score (nSPS) is 18.4. The van der Waals surface area contributed by atoms with E-state index < -0.39 is 0 Å². The standard InChI is InChI=1S/C16H22N2O3/c1-12(20)14-4-6-15(7-5-14)17-16(21)18-9-2-3-13(11-18)8-10-19/h4-7,13,19H,2-3,8-11H2,1H3,(H,17,21). The molecule has 114 valence electrons. The molecule has 21 heavy (non-hydrogen) atoms. The minimum absolute atomic E-state index is 0.00996. The number of aliphatic hydroxyl groups excluding tert-OH is 1. The van der Waals surface area contributed by atoms with Gasteiger partial charge in [0, 0.05) is 30.9 Å². The smallest absolute Gasteiger partial charge is 0.321 e. The lowest BCUT2D eigenvalue weighted by Gasteiger charge is -2.32. The van der Waals surface area contributed by atoms with Crippen LogP contribution < -0.4 is 5.32 Å². The molecule has 1 aromatic rings. The Morgan fingerprint density at radius 2 is 2.05 bits per heavy atom. The second-order valence-corrected chi connectivity index (χ2v) is 5.53. The van der Waals surface area contributed by atoms with Gasteiger partial charge in [0.25, 0.3) is 0 Å². The Bertz CT molecular complexity index is 497. The maximum atomic E-state index is 12.2. The van der Waals surface area contributed by atoms with Crippen molar-refractivity contribution in [2.75, 3.05) is 25.0 Å². The summed E-state index contributed by atoms with van der Waals surface area (Å²) in [5.74, 6) is 0.394. The first-order valence-electron chi connectivity index (χ1n) is 7.38. The second-order valence-electron chi connectivity index (χ2n) is 5.53. The van der Waals surface area contributed by atoms with Crippen molar-refractivity contribution in [1.82, 2.24) is 4.90 Å². The van der Waals surface area contributed by atoms with Crippen molar-refractivity contribution in [3.63, 3.8) is 0 Å². The summed E-state index contributed by atoms with van der Waals surface area (Å²) in [5, 5.41) is 11.9. The number of piperidine rings is 1. The zero-order valence-corrected chi connectivity index (χ0v) is 12.3. The van der Waals surface area contributed by atoms with Crippen molar-refractivity contribution in [3.8, 4) is 0 Å². The van der Waals surface area contributed by atoms with Crippen LogP contribution in [0.5, 0.6) is 0 Å². The number of nitrogens with one attached hydrogen (secondary N) is 1. The molecule has 2 rings (SSSR count). The fourth-order valence-electron chi connectivity index (χ4n) is 2.66. The summed E-state index contributed by atoms with van der Waals surface area (Å²) in [6.07, 6.45) is 2.79. The Labute approximate surface area is 125 Å². The number of nitrogens with zero attached hydrogens (tertiary/aromatic N) is 1. The lowest BCUT2D eigenvalue weighted by atomic mass is 9.95. The third-order valence-corrected chi connectivity index (χ3v) is 3.89. The summed E-state index contributed by atoms with van der Waals surface area (Å²) < 4.78 is 0. The molecule has 1 aliphatic heterocycles. The van der Waals surface area contributed by atoms with E-state index in [0.29, 0.717) is 23.7 Å². The molecule has 1 aromatic carbocycles. The third kappa shape index (κ3) is 4.29. The molecular weight excluding hydrogens is 268 g/mol. The molecule has 1 fully saturated rings. The predicted octanol–water partition coefficient (Wildman–Crippen LogP) is 2.52. The number of urea groups is 1. The van der Waals surface area contributed by atoms with Gasteiger partial charge < -0.3 is 15.3 Å². The summed E-state index contributed by atoms with van der Waals surface area (Å²) >= 11 is 0. The van der Waals surface area contributed by atoms with E-state index in [0.717, 1.165) is 25.8 Å². The van der Waals surface area contributed by atoms with Gasteiger partial charge in [0.15, 0.2) is 5.78 Å². The van der Waals surface area contributed by atoms with Gasteiger partial charge in [-0.2, -0.15) is 0 Å². The predicted molar refractivity (Wildman–Crippen MR) is 81.5 cm³/mol. The largest absolute Gasteiger partial charge is 0.396 e. The van der Waals surface area contributed by atoms with Gasteiger partial charge in [-0.15, -0.1) is 0 Å².